The summed E-state index contributed by atoms with van der Waals surface area (Å²) in [5.74, 6) is -1.01. The van der Waals surface area contributed by atoms with Gasteiger partial charge in [-0.2, -0.15) is 0 Å². The van der Waals surface area contributed by atoms with E-state index >= 15 is 0 Å². The summed E-state index contributed by atoms with van der Waals surface area (Å²) in [5.41, 5.74) is 6.55. The third-order valence-corrected chi connectivity index (χ3v) is 3.56. The first-order valence-corrected chi connectivity index (χ1v) is 7.12. The highest BCUT2D eigenvalue weighted by molar-refractivity contribution is 5.82. The lowest BCUT2D eigenvalue weighted by atomic mass is 9.84. The largest absolute Gasteiger partial charge is 0.481 e. The summed E-state index contributed by atoms with van der Waals surface area (Å²) < 4.78 is 0. The van der Waals surface area contributed by atoms with Gasteiger partial charge in [-0.05, 0) is 23.8 Å². The molecule has 1 unspecified atom stereocenters. The van der Waals surface area contributed by atoms with Crippen LogP contribution in [-0.4, -0.2) is 23.5 Å². The van der Waals surface area contributed by atoms with Crippen LogP contribution < -0.4 is 11.1 Å². The summed E-state index contributed by atoms with van der Waals surface area (Å²) in [6.07, 6.45) is 1.45. The number of aliphatic carboxylic acids is 1. The summed E-state index contributed by atoms with van der Waals surface area (Å²) in [7, 11) is 0. The molecule has 1 atom stereocenters. The molecule has 1 rings (SSSR count). The maximum atomic E-state index is 12.0. The molecular weight excluding hydrogens is 268 g/mol. The Labute approximate surface area is 125 Å². The fourth-order valence-electron chi connectivity index (χ4n) is 2.02. The number of amides is 1. The molecule has 0 aliphatic heterocycles. The van der Waals surface area contributed by atoms with Crippen molar-refractivity contribution in [2.75, 3.05) is 6.54 Å². The van der Waals surface area contributed by atoms with Crippen molar-refractivity contribution in [1.29, 1.82) is 0 Å². The first-order valence-electron chi connectivity index (χ1n) is 7.12. The highest BCUT2D eigenvalue weighted by Gasteiger charge is 2.20. The number of hydrogen-bond donors (Lipinski definition) is 3. The van der Waals surface area contributed by atoms with Crippen LogP contribution in [0.2, 0.25) is 0 Å². The highest BCUT2D eigenvalue weighted by Crippen LogP contribution is 2.26. The van der Waals surface area contributed by atoms with E-state index in [0.29, 0.717) is 19.4 Å². The van der Waals surface area contributed by atoms with Gasteiger partial charge < -0.3 is 16.2 Å². The van der Waals surface area contributed by atoms with Gasteiger partial charge in [-0.3, -0.25) is 9.59 Å². The second-order valence-electron chi connectivity index (χ2n) is 5.99. The van der Waals surface area contributed by atoms with E-state index in [-0.39, 0.29) is 17.7 Å². The molecule has 0 fully saturated rings. The Morgan fingerprint density at radius 2 is 1.86 bits per heavy atom. The lowest BCUT2D eigenvalue weighted by Crippen LogP contribution is -2.36. The first kappa shape index (κ1) is 17.2. The molecule has 5 nitrogen and oxygen atoms in total. The smallest absolute Gasteiger partial charge is 0.303 e. The molecule has 1 aromatic rings. The minimum absolute atomic E-state index is 0.123. The van der Waals surface area contributed by atoms with Gasteiger partial charge in [0.1, 0.15) is 6.04 Å². The fourth-order valence-corrected chi connectivity index (χ4v) is 2.02. The highest BCUT2D eigenvalue weighted by atomic mass is 16.4. The van der Waals surface area contributed by atoms with Crippen molar-refractivity contribution < 1.29 is 14.7 Å². The minimum atomic E-state index is -0.793. The standard InChI is InChI=1S/C16H24N2O3/c1-16(2,9-8-13(19)20)10-11-18-15(21)14(17)12-6-4-3-5-7-12/h3-7,14H,8-11,17H2,1-2H3,(H,18,21)(H,19,20). The summed E-state index contributed by atoms with van der Waals surface area (Å²) in [4.78, 5) is 22.6. The van der Waals surface area contributed by atoms with Crippen LogP contribution in [0.15, 0.2) is 30.3 Å². The van der Waals surface area contributed by atoms with Gasteiger partial charge in [0.15, 0.2) is 0 Å². The normalized spacial score (nSPS) is 12.7. The Balaban J connectivity index is 2.38. The van der Waals surface area contributed by atoms with Crippen LogP contribution in [0.5, 0.6) is 0 Å². The van der Waals surface area contributed by atoms with E-state index in [1.165, 1.54) is 0 Å². The number of carboxylic acids is 1. The lowest BCUT2D eigenvalue weighted by molar-refractivity contribution is -0.137. The van der Waals surface area contributed by atoms with E-state index in [9.17, 15) is 9.59 Å². The summed E-state index contributed by atoms with van der Waals surface area (Å²) in [5, 5.41) is 11.5. The second-order valence-corrected chi connectivity index (χ2v) is 5.99. The summed E-state index contributed by atoms with van der Waals surface area (Å²) >= 11 is 0. The van der Waals surface area contributed by atoms with Crippen molar-refractivity contribution in [2.24, 2.45) is 11.1 Å². The molecule has 4 N–H and O–H groups in total. The Morgan fingerprint density at radius 1 is 1.24 bits per heavy atom. The van der Waals surface area contributed by atoms with Crippen molar-refractivity contribution >= 4 is 11.9 Å². The van der Waals surface area contributed by atoms with Crippen LogP contribution in [0, 0.1) is 5.41 Å². The molecule has 0 saturated heterocycles. The number of carbonyl (C=O) groups excluding carboxylic acids is 1. The molecule has 0 aliphatic carbocycles. The van der Waals surface area contributed by atoms with Gasteiger partial charge in [0.25, 0.3) is 0 Å². The number of carboxylic acid groups (broad SMARTS) is 1. The van der Waals surface area contributed by atoms with Crippen molar-refractivity contribution in [1.82, 2.24) is 5.32 Å². The van der Waals surface area contributed by atoms with Gasteiger partial charge >= 0.3 is 5.97 Å². The van der Waals surface area contributed by atoms with E-state index in [2.05, 4.69) is 5.32 Å². The van der Waals surface area contributed by atoms with Crippen molar-refractivity contribution in [3.05, 3.63) is 35.9 Å². The molecule has 0 aromatic heterocycles. The maximum absolute atomic E-state index is 12.0. The SMILES string of the molecule is CC(C)(CCNC(=O)C(N)c1ccccc1)CCC(=O)O. The molecule has 21 heavy (non-hydrogen) atoms. The Kier molecular flexibility index (Phi) is 6.37. The number of carbonyl (C=O) groups is 2. The van der Waals surface area contributed by atoms with Gasteiger partial charge in [-0.15, -0.1) is 0 Å². The third-order valence-electron chi connectivity index (χ3n) is 3.56. The molecule has 1 aromatic carbocycles. The topological polar surface area (TPSA) is 92.4 Å². The molecule has 5 heteroatoms. The molecule has 0 radical (unpaired) electrons. The van der Waals surface area contributed by atoms with Crippen LogP contribution in [0.25, 0.3) is 0 Å². The molecule has 116 valence electrons. The fraction of sp³-hybridized carbons (Fsp3) is 0.500. The molecule has 0 bridgehead atoms. The predicted octanol–water partition coefficient (Wildman–Crippen LogP) is 2.08. The zero-order valence-electron chi connectivity index (χ0n) is 12.6. The summed E-state index contributed by atoms with van der Waals surface area (Å²) in [6.45, 7) is 4.49. The molecule has 1 amide bonds. The van der Waals surface area contributed by atoms with Crippen LogP contribution in [0.3, 0.4) is 0 Å². The molecule has 0 saturated carbocycles. The second kappa shape index (κ2) is 7.78. The number of nitrogens with two attached hydrogens (primary N) is 1. The van der Waals surface area contributed by atoms with Gasteiger partial charge in [0.2, 0.25) is 5.91 Å². The minimum Gasteiger partial charge on any atom is -0.481 e. The number of benzene rings is 1. The number of rotatable bonds is 8. The maximum Gasteiger partial charge on any atom is 0.303 e. The molecule has 0 heterocycles. The Morgan fingerprint density at radius 3 is 2.43 bits per heavy atom. The van der Waals surface area contributed by atoms with Crippen molar-refractivity contribution in [2.45, 2.75) is 39.2 Å². The van der Waals surface area contributed by atoms with Gasteiger partial charge in [-0.1, -0.05) is 44.2 Å². The van der Waals surface area contributed by atoms with Crippen LogP contribution in [-0.2, 0) is 9.59 Å². The van der Waals surface area contributed by atoms with E-state index in [0.717, 1.165) is 5.56 Å². The van der Waals surface area contributed by atoms with E-state index in [4.69, 9.17) is 10.8 Å². The lowest BCUT2D eigenvalue weighted by Gasteiger charge is -2.24. The van der Waals surface area contributed by atoms with Gasteiger partial charge in [0.05, 0.1) is 0 Å². The molecular formula is C16H24N2O3. The zero-order valence-corrected chi connectivity index (χ0v) is 12.6. The molecule has 0 aliphatic rings. The van der Waals surface area contributed by atoms with Crippen molar-refractivity contribution in [3.8, 4) is 0 Å². The first-order chi connectivity index (χ1) is 9.82. The van der Waals surface area contributed by atoms with E-state index in [1.54, 1.807) is 0 Å². The number of hydrogen-bond acceptors (Lipinski definition) is 3. The number of nitrogens with one attached hydrogen (secondary N) is 1. The monoisotopic (exact) mass is 292 g/mol. The third kappa shape index (κ3) is 6.40. The Bertz CT molecular complexity index is 472. The Hall–Kier alpha value is -1.88. The van der Waals surface area contributed by atoms with E-state index < -0.39 is 12.0 Å². The van der Waals surface area contributed by atoms with Gasteiger partial charge in [-0.25, -0.2) is 0 Å². The average molecular weight is 292 g/mol. The zero-order chi connectivity index (χ0) is 15.9. The van der Waals surface area contributed by atoms with Crippen molar-refractivity contribution in [3.63, 3.8) is 0 Å². The molecule has 0 spiro atoms. The summed E-state index contributed by atoms with van der Waals surface area (Å²) in [6, 6.07) is 8.53. The van der Waals surface area contributed by atoms with Crippen LogP contribution in [0.4, 0.5) is 0 Å². The van der Waals surface area contributed by atoms with Crippen LogP contribution >= 0.6 is 0 Å². The van der Waals surface area contributed by atoms with Crippen LogP contribution in [0.1, 0.15) is 44.7 Å². The van der Waals surface area contributed by atoms with E-state index in [1.807, 2.05) is 44.2 Å². The predicted molar refractivity (Wildman–Crippen MR) is 81.6 cm³/mol. The quantitative estimate of drug-likeness (QED) is 0.684. The average Bonchev–Trinajstić information content (AvgIpc) is 2.45. The van der Waals surface area contributed by atoms with Gasteiger partial charge in [0, 0.05) is 13.0 Å².